The van der Waals surface area contributed by atoms with Gasteiger partial charge in [0, 0.05) is 17.7 Å². The van der Waals surface area contributed by atoms with Crippen molar-refractivity contribution in [3.05, 3.63) is 63.9 Å². The van der Waals surface area contributed by atoms with Gasteiger partial charge in [-0.15, -0.1) is 0 Å². The van der Waals surface area contributed by atoms with Crippen molar-refractivity contribution in [2.24, 2.45) is 0 Å². The van der Waals surface area contributed by atoms with Crippen LogP contribution >= 0.6 is 11.6 Å². The molecule has 112 valence electrons. The summed E-state index contributed by atoms with van der Waals surface area (Å²) in [6.45, 7) is 0.894. The number of para-hydroxylation sites is 1. The van der Waals surface area contributed by atoms with E-state index in [9.17, 15) is 4.79 Å². The molecule has 0 fully saturated rings. The molecule has 5 heteroatoms. The maximum atomic E-state index is 12.7. The number of ether oxygens (including phenoxy) is 1. The van der Waals surface area contributed by atoms with Crippen molar-refractivity contribution in [1.29, 1.82) is 0 Å². The third kappa shape index (κ3) is 2.75. The van der Waals surface area contributed by atoms with Gasteiger partial charge in [0.1, 0.15) is 5.82 Å². The summed E-state index contributed by atoms with van der Waals surface area (Å²) in [4.78, 5) is 17.4. The number of rotatable bonds is 4. The van der Waals surface area contributed by atoms with Crippen LogP contribution in [0.15, 0.2) is 53.3 Å². The zero-order chi connectivity index (χ0) is 15.5. The predicted molar refractivity (Wildman–Crippen MR) is 88.3 cm³/mol. The van der Waals surface area contributed by atoms with Gasteiger partial charge in [0.2, 0.25) is 0 Å². The Morgan fingerprint density at radius 1 is 1.14 bits per heavy atom. The van der Waals surface area contributed by atoms with E-state index in [1.54, 1.807) is 29.9 Å². The Kier molecular flexibility index (Phi) is 4.22. The van der Waals surface area contributed by atoms with Gasteiger partial charge in [-0.05, 0) is 36.4 Å². The monoisotopic (exact) mass is 314 g/mol. The fraction of sp³-hybridized carbons (Fsp3) is 0.176. The molecule has 0 saturated heterocycles. The van der Waals surface area contributed by atoms with Gasteiger partial charge < -0.3 is 4.74 Å². The first-order valence-electron chi connectivity index (χ1n) is 6.95. The summed E-state index contributed by atoms with van der Waals surface area (Å²) >= 11 is 5.94. The van der Waals surface area contributed by atoms with E-state index in [1.165, 1.54) is 0 Å². The van der Waals surface area contributed by atoms with Crippen molar-refractivity contribution in [2.75, 3.05) is 13.7 Å². The summed E-state index contributed by atoms with van der Waals surface area (Å²) in [6.07, 6.45) is 0. The maximum Gasteiger partial charge on any atom is 0.261 e. The van der Waals surface area contributed by atoms with E-state index < -0.39 is 0 Å². The molecule has 1 heterocycles. The second-order valence-electron chi connectivity index (χ2n) is 4.91. The number of benzene rings is 2. The number of halogens is 1. The minimum absolute atomic E-state index is 0.0624. The van der Waals surface area contributed by atoms with E-state index in [2.05, 4.69) is 4.98 Å². The molecule has 0 spiro atoms. The standard InChI is InChI=1S/C17H15ClN2O2/c1-22-11-10-20-16(12-6-8-13(18)9-7-12)19-15-5-3-2-4-14(15)17(20)21/h2-9H,10-11H2,1H3. The lowest BCUT2D eigenvalue weighted by Gasteiger charge is -2.13. The van der Waals surface area contributed by atoms with E-state index in [0.717, 1.165) is 5.56 Å². The van der Waals surface area contributed by atoms with Crippen molar-refractivity contribution >= 4 is 22.5 Å². The largest absolute Gasteiger partial charge is 0.383 e. The molecule has 0 atom stereocenters. The zero-order valence-corrected chi connectivity index (χ0v) is 12.9. The highest BCUT2D eigenvalue weighted by Crippen LogP contribution is 2.21. The molecule has 0 bridgehead atoms. The van der Waals surface area contributed by atoms with Crippen LogP contribution in [0.2, 0.25) is 5.02 Å². The average Bonchev–Trinajstić information content (AvgIpc) is 2.55. The summed E-state index contributed by atoms with van der Waals surface area (Å²) in [7, 11) is 1.61. The van der Waals surface area contributed by atoms with Crippen LogP contribution in [0.25, 0.3) is 22.3 Å². The molecule has 0 unspecified atom stereocenters. The Labute approximate surface area is 132 Å². The summed E-state index contributed by atoms with van der Waals surface area (Å²) in [5, 5.41) is 1.26. The van der Waals surface area contributed by atoms with E-state index in [1.807, 2.05) is 30.3 Å². The molecular formula is C17H15ClN2O2. The third-order valence-corrected chi connectivity index (χ3v) is 3.74. The average molecular weight is 315 g/mol. The molecule has 2 aromatic carbocycles. The Bertz CT molecular complexity index is 857. The number of hydrogen-bond donors (Lipinski definition) is 0. The Morgan fingerprint density at radius 3 is 2.59 bits per heavy atom. The lowest BCUT2D eigenvalue weighted by Crippen LogP contribution is -2.25. The van der Waals surface area contributed by atoms with Crippen molar-refractivity contribution < 1.29 is 4.74 Å². The Morgan fingerprint density at radius 2 is 1.86 bits per heavy atom. The second kappa shape index (κ2) is 6.30. The molecule has 4 nitrogen and oxygen atoms in total. The summed E-state index contributed by atoms with van der Waals surface area (Å²) in [6, 6.07) is 14.7. The molecule has 0 aliphatic heterocycles. The highest BCUT2D eigenvalue weighted by atomic mass is 35.5. The quantitative estimate of drug-likeness (QED) is 0.741. The smallest absolute Gasteiger partial charge is 0.261 e. The minimum atomic E-state index is -0.0624. The van der Waals surface area contributed by atoms with E-state index in [4.69, 9.17) is 16.3 Å². The van der Waals surface area contributed by atoms with Crippen molar-refractivity contribution in [3.63, 3.8) is 0 Å². The number of aromatic nitrogens is 2. The highest BCUT2D eigenvalue weighted by Gasteiger charge is 2.12. The minimum Gasteiger partial charge on any atom is -0.383 e. The van der Waals surface area contributed by atoms with Crippen LogP contribution in [0.5, 0.6) is 0 Å². The number of methoxy groups -OCH3 is 1. The topological polar surface area (TPSA) is 44.1 Å². The normalized spacial score (nSPS) is 11.0. The van der Waals surface area contributed by atoms with Gasteiger partial charge in [-0.25, -0.2) is 4.98 Å². The molecule has 22 heavy (non-hydrogen) atoms. The highest BCUT2D eigenvalue weighted by molar-refractivity contribution is 6.30. The molecular weight excluding hydrogens is 300 g/mol. The zero-order valence-electron chi connectivity index (χ0n) is 12.1. The number of hydrogen-bond acceptors (Lipinski definition) is 3. The molecule has 0 aliphatic carbocycles. The Balaban J connectivity index is 2.26. The molecule has 3 aromatic rings. The Hall–Kier alpha value is -2.17. The summed E-state index contributed by atoms with van der Waals surface area (Å²) < 4.78 is 6.76. The van der Waals surface area contributed by atoms with Gasteiger partial charge in [0.15, 0.2) is 0 Å². The van der Waals surface area contributed by atoms with Gasteiger partial charge >= 0.3 is 0 Å². The molecule has 3 rings (SSSR count). The molecule has 0 radical (unpaired) electrons. The van der Waals surface area contributed by atoms with Gasteiger partial charge in [-0.1, -0.05) is 23.7 Å². The lowest BCUT2D eigenvalue weighted by atomic mass is 10.2. The van der Waals surface area contributed by atoms with Gasteiger partial charge in [-0.3, -0.25) is 9.36 Å². The van der Waals surface area contributed by atoms with Crippen LogP contribution in [0, 0.1) is 0 Å². The fourth-order valence-electron chi connectivity index (χ4n) is 2.38. The van der Waals surface area contributed by atoms with Crippen LogP contribution in [0.3, 0.4) is 0 Å². The molecule has 0 saturated carbocycles. The first kappa shape index (κ1) is 14.8. The van der Waals surface area contributed by atoms with Crippen molar-refractivity contribution in [2.45, 2.75) is 6.54 Å². The third-order valence-electron chi connectivity index (χ3n) is 3.48. The second-order valence-corrected chi connectivity index (χ2v) is 5.35. The number of nitrogens with zero attached hydrogens (tertiary/aromatic N) is 2. The van der Waals surface area contributed by atoms with Crippen LogP contribution < -0.4 is 5.56 Å². The van der Waals surface area contributed by atoms with Crippen LogP contribution in [-0.2, 0) is 11.3 Å². The van der Waals surface area contributed by atoms with Crippen LogP contribution in [0.4, 0.5) is 0 Å². The lowest BCUT2D eigenvalue weighted by molar-refractivity contribution is 0.186. The van der Waals surface area contributed by atoms with E-state index in [-0.39, 0.29) is 5.56 Å². The molecule has 1 aromatic heterocycles. The fourth-order valence-corrected chi connectivity index (χ4v) is 2.50. The molecule has 0 N–H and O–H groups in total. The summed E-state index contributed by atoms with van der Waals surface area (Å²) in [5.74, 6) is 0.623. The summed E-state index contributed by atoms with van der Waals surface area (Å²) in [5.41, 5.74) is 1.47. The molecule has 0 aliphatic rings. The maximum absolute atomic E-state index is 12.7. The van der Waals surface area contributed by atoms with E-state index >= 15 is 0 Å². The predicted octanol–water partition coefficient (Wildman–Crippen LogP) is 3.36. The van der Waals surface area contributed by atoms with Crippen molar-refractivity contribution in [1.82, 2.24) is 9.55 Å². The SMILES string of the molecule is COCCn1c(-c2ccc(Cl)cc2)nc2ccccc2c1=O. The first-order chi connectivity index (χ1) is 10.7. The van der Waals surface area contributed by atoms with Crippen molar-refractivity contribution in [3.8, 4) is 11.4 Å². The van der Waals surface area contributed by atoms with Gasteiger partial charge in [-0.2, -0.15) is 0 Å². The van der Waals surface area contributed by atoms with Crippen LogP contribution in [0.1, 0.15) is 0 Å². The number of fused-ring (bicyclic) bond motifs is 1. The first-order valence-corrected chi connectivity index (χ1v) is 7.33. The van der Waals surface area contributed by atoms with E-state index in [0.29, 0.717) is 34.9 Å². The van der Waals surface area contributed by atoms with Gasteiger partial charge in [0.25, 0.3) is 5.56 Å². The van der Waals surface area contributed by atoms with Crippen LogP contribution in [-0.4, -0.2) is 23.3 Å². The molecule has 0 amide bonds. The van der Waals surface area contributed by atoms with Gasteiger partial charge in [0.05, 0.1) is 24.1 Å².